The molecule has 0 aromatic heterocycles. The molecule has 2 N–H and O–H groups in total. The predicted octanol–water partition coefficient (Wildman–Crippen LogP) is 2.81. The number of benzene rings is 2. The predicted molar refractivity (Wildman–Crippen MR) is 80.0 cm³/mol. The first-order valence-corrected chi connectivity index (χ1v) is 7.00. The fourth-order valence-corrected chi connectivity index (χ4v) is 2.54. The quantitative estimate of drug-likeness (QED) is 0.874. The van der Waals surface area contributed by atoms with E-state index in [9.17, 15) is 0 Å². The summed E-state index contributed by atoms with van der Waals surface area (Å²) < 4.78 is 0. The number of nitrogens with one attached hydrogen (secondary N) is 2. The summed E-state index contributed by atoms with van der Waals surface area (Å²) in [6.07, 6.45) is 1.24. The molecule has 2 aromatic carbocycles. The van der Waals surface area contributed by atoms with E-state index in [0.717, 1.165) is 19.6 Å². The van der Waals surface area contributed by atoms with Gasteiger partial charge in [-0.3, -0.25) is 0 Å². The van der Waals surface area contributed by atoms with Gasteiger partial charge in [-0.1, -0.05) is 54.6 Å². The second kappa shape index (κ2) is 6.00. The van der Waals surface area contributed by atoms with Crippen molar-refractivity contribution in [3.63, 3.8) is 0 Å². The maximum atomic E-state index is 3.59. The molecule has 1 saturated heterocycles. The molecule has 3 rings (SSSR count). The number of rotatable bonds is 4. The average molecular weight is 252 g/mol. The van der Waals surface area contributed by atoms with Crippen LogP contribution in [0.5, 0.6) is 0 Å². The lowest BCUT2D eigenvalue weighted by molar-refractivity contribution is 0.547. The fraction of sp³-hybridized carbons (Fsp3) is 0.294. The molecule has 1 aliphatic rings. The van der Waals surface area contributed by atoms with Gasteiger partial charge in [0, 0.05) is 19.1 Å². The zero-order chi connectivity index (χ0) is 12.9. The van der Waals surface area contributed by atoms with Gasteiger partial charge in [-0.05, 0) is 29.7 Å². The highest BCUT2D eigenvalue weighted by Gasteiger charge is 2.12. The van der Waals surface area contributed by atoms with Crippen LogP contribution in [0.15, 0.2) is 54.6 Å². The largest absolute Gasteiger partial charge is 0.315 e. The van der Waals surface area contributed by atoms with Crippen LogP contribution in [0, 0.1) is 0 Å². The van der Waals surface area contributed by atoms with E-state index in [4.69, 9.17) is 0 Å². The zero-order valence-corrected chi connectivity index (χ0v) is 11.1. The molecule has 2 heteroatoms. The molecule has 0 amide bonds. The van der Waals surface area contributed by atoms with E-state index in [-0.39, 0.29) is 0 Å². The Morgan fingerprint density at radius 3 is 2.37 bits per heavy atom. The summed E-state index contributed by atoms with van der Waals surface area (Å²) in [5, 5.41) is 6.97. The lowest BCUT2D eigenvalue weighted by Gasteiger charge is -2.11. The first-order chi connectivity index (χ1) is 9.42. The van der Waals surface area contributed by atoms with Crippen molar-refractivity contribution in [1.82, 2.24) is 10.6 Å². The lowest BCUT2D eigenvalue weighted by Crippen LogP contribution is -2.30. The highest BCUT2D eigenvalue weighted by molar-refractivity contribution is 5.63. The number of hydrogen-bond donors (Lipinski definition) is 2. The third-order valence-corrected chi connectivity index (χ3v) is 3.72. The van der Waals surface area contributed by atoms with Crippen molar-refractivity contribution in [2.45, 2.75) is 19.0 Å². The van der Waals surface area contributed by atoms with Crippen molar-refractivity contribution >= 4 is 0 Å². The van der Waals surface area contributed by atoms with Crippen molar-refractivity contribution < 1.29 is 0 Å². The van der Waals surface area contributed by atoms with E-state index in [2.05, 4.69) is 65.2 Å². The molecular weight excluding hydrogens is 232 g/mol. The normalized spacial score (nSPS) is 18.6. The molecule has 1 heterocycles. The van der Waals surface area contributed by atoms with Crippen molar-refractivity contribution in [2.24, 2.45) is 0 Å². The second-order valence-electron chi connectivity index (χ2n) is 5.13. The van der Waals surface area contributed by atoms with Crippen LogP contribution in [0.3, 0.4) is 0 Å². The van der Waals surface area contributed by atoms with Crippen LogP contribution in [0.2, 0.25) is 0 Å². The van der Waals surface area contributed by atoms with Gasteiger partial charge in [-0.25, -0.2) is 0 Å². The van der Waals surface area contributed by atoms with Gasteiger partial charge < -0.3 is 10.6 Å². The number of hydrogen-bond acceptors (Lipinski definition) is 2. The van der Waals surface area contributed by atoms with Crippen molar-refractivity contribution in [3.8, 4) is 11.1 Å². The minimum Gasteiger partial charge on any atom is -0.315 e. The molecule has 19 heavy (non-hydrogen) atoms. The molecule has 98 valence electrons. The Labute approximate surface area is 114 Å². The summed E-state index contributed by atoms with van der Waals surface area (Å²) in [7, 11) is 0. The Morgan fingerprint density at radius 1 is 0.947 bits per heavy atom. The van der Waals surface area contributed by atoms with Crippen molar-refractivity contribution in [1.29, 1.82) is 0 Å². The molecule has 1 aliphatic heterocycles. The van der Waals surface area contributed by atoms with Crippen LogP contribution in [-0.4, -0.2) is 19.1 Å². The third-order valence-electron chi connectivity index (χ3n) is 3.72. The van der Waals surface area contributed by atoms with E-state index >= 15 is 0 Å². The molecule has 0 aliphatic carbocycles. The van der Waals surface area contributed by atoms with Crippen LogP contribution in [0.1, 0.15) is 12.0 Å². The summed E-state index contributed by atoms with van der Waals surface area (Å²) in [5.74, 6) is 0. The van der Waals surface area contributed by atoms with Crippen molar-refractivity contribution in [3.05, 3.63) is 60.2 Å². The van der Waals surface area contributed by atoms with Gasteiger partial charge in [-0.2, -0.15) is 0 Å². The van der Waals surface area contributed by atoms with E-state index < -0.39 is 0 Å². The van der Waals surface area contributed by atoms with Crippen LogP contribution < -0.4 is 10.6 Å². The molecule has 1 unspecified atom stereocenters. The van der Waals surface area contributed by atoms with Crippen LogP contribution >= 0.6 is 0 Å². The molecule has 1 atom stereocenters. The summed E-state index contributed by atoms with van der Waals surface area (Å²) in [4.78, 5) is 0. The first kappa shape index (κ1) is 12.4. The highest BCUT2D eigenvalue weighted by atomic mass is 15.0. The third kappa shape index (κ3) is 3.22. The highest BCUT2D eigenvalue weighted by Crippen LogP contribution is 2.19. The Morgan fingerprint density at radius 2 is 1.68 bits per heavy atom. The molecule has 2 nitrogen and oxygen atoms in total. The average Bonchev–Trinajstić information content (AvgIpc) is 3.00. The lowest BCUT2D eigenvalue weighted by atomic mass is 10.0. The second-order valence-corrected chi connectivity index (χ2v) is 5.13. The van der Waals surface area contributed by atoms with Gasteiger partial charge >= 0.3 is 0 Å². The smallest absolute Gasteiger partial charge is 0.0208 e. The van der Waals surface area contributed by atoms with Gasteiger partial charge in [0.05, 0.1) is 0 Å². The molecule has 0 bridgehead atoms. The summed E-state index contributed by atoms with van der Waals surface area (Å²) in [5.41, 5.74) is 3.92. The van der Waals surface area contributed by atoms with E-state index in [1.54, 1.807) is 0 Å². The van der Waals surface area contributed by atoms with E-state index in [1.807, 2.05) is 0 Å². The first-order valence-electron chi connectivity index (χ1n) is 7.00. The van der Waals surface area contributed by atoms with Gasteiger partial charge in [-0.15, -0.1) is 0 Å². The van der Waals surface area contributed by atoms with Crippen LogP contribution in [0.4, 0.5) is 0 Å². The molecule has 1 fully saturated rings. The Bertz CT molecular complexity index is 499. The summed E-state index contributed by atoms with van der Waals surface area (Å²) in [6, 6.07) is 20.0. The molecule has 0 saturated carbocycles. The van der Waals surface area contributed by atoms with Gasteiger partial charge in [0.1, 0.15) is 0 Å². The topological polar surface area (TPSA) is 24.1 Å². The Balaban J connectivity index is 1.62. The summed E-state index contributed by atoms with van der Waals surface area (Å²) >= 11 is 0. The molecular formula is C17H20N2. The molecule has 0 radical (unpaired) electrons. The van der Waals surface area contributed by atoms with Gasteiger partial charge in [0.2, 0.25) is 0 Å². The van der Waals surface area contributed by atoms with Crippen LogP contribution in [-0.2, 0) is 6.54 Å². The fourth-order valence-electron chi connectivity index (χ4n) is 2.54. The van der Waals surface area contributed by atoms with Crippen molar-refractivity contribution in [2.75, 3.05) is 13.1 Å². The minimum atomic E-state index is 0.633. The Hall–Kier alpha value is -1.64. The van der Waals surface area contributed by atoms with Gasteiger partial charge in [0.15, 0.2) is 0 Å². The monoisotopic (exact) mass is 252 g/mol. The SMILES string of the molecule is c1ccc(-c2ccc(CNC3CCNC3)cc2)cc1. The standard InChI is InChI=1S/C17H20N2/c1-2-4-15(5-3-1)16-8-6-14(7-9-16)12-19-17-10-11-18-13-17/h1-9,17-19H,10-13H2. The Kier molecular flexibility index (Phi) is 3.92. The van der Waals surface area contributed by atoms with Gasteiger partial charge in [0.25, 0.3) is 0 Å². The molecule has 2 aromatic rings. The van der Waals surface area contributed by atoms with E-state index in [0.29, 0.717) is 6.04 Å². The van der Waals surface area contributed by atoms with E-state index in [1.165, 1.54) is 23.1 Å². The molecule has 0 spiro atoms. The van der Waals surface area contributed by atoms with Crippen LogP contribution in [0.25, 0.3) is 11.1 Å². The maximum Gasteiger partial charge on any atom is 0.0208 e. The zero-order valence-electron chi connectivity index (χ0n) is 11.1. The minimum absolute atomic E-state index is 0.633. The summed E-state index contributed by atoms with van der Waals surface area (Å²) in [6.45, 7) is 3.20. The maximum absolute atomic E-state index is 3.59.